The van der Waals surface area contributed by atoms with Crippen LogP contribution >= 0.6 is 11.8 Å². The standard InChI is InChI=1S/C15H11N3O3S/c1-8-13(17-10-6-4-3-5-9(10)16-8)15-18-14(20)11(22-15)7-12(19)21-2/h3-7H,1-2H3. The molecule has 0 aliphatic carbocycles. The highest BCUT2D eigenvalue weighted by atomic mass is 32.2. The Bertz CT molecular complexity index is 858. The fourth-order valence-electron chi connectivity index (χ4n) is 1.97. The van der Waals surface area contributed by atoms with E-state index in [1.165, 1.54) is 7.11 Å². The van der Waals surface area contributed by atoms with Crippen LogP contribution < -0.4 is 0 Å². The van der Waals surface area contributed by atoms with Crippen LogP contribution in [0.25, 0.3) is 11.0 Å². The summed E-state index contributed by atoms with van der Waals surface area (Å²) >= 11 is 1.10. The van der Waals surface area contributed by atoms with E-state index in [-0.39, 0.29) is 4.91 Å². The van der Waals surface area contributed by atoms with Crippen molar-refractivity contribution in [2.75, 3.05) is 7.11 Å². The molecule has 0 bridgehead atoms. The number of fused-ring (bicyclic) bond motifs is 1. The molecule has 2 aromatic rings. The molecule has 7 heteroatoms. The molecule has 1 aliphatic rings. The molecule has 2 heterocycles. The van der Waals surface area contributed by atoms with Gasteiger partial charge in [0, 0.05) is 6.08 Å². The van der Waals surface area contributed by atoms with Gasteiger partial charge >= 0.3 is 5.97 Å². The average molecular weight is 313 g/mol. The van der Waals surface area contributed by atoms with Crippen molar-refractivity contribution in [3.8, 4) is 0 Å². The maximum absolute atomic E-state index is 11.9. The van der Waals surface area contributed by atoms with Crippen LogP contribution in [0.15, 0.2) is 40.2 Å². The number of carbonyl (C=O) groups is 2. The molecule has 1 aromatic heterocycles. The molecular weight excluding hydrogens is 302 g/mol. The zero-order chi connectivity index (χ0) is 15.7. The number of amides is 1. The van der Waals surface area contributed by atoms with Crippen molar-refractivity contribution in [2.45, 2.75) is 6.92 Å². The van der Waals surface area contributed by atoms with Gasteiger partial charge in [0.1, 0.15) is 10.7 Å². The molecule has 6 nitrogen and oxygen atoms in total. The van der Waals surface area contributed by atoms with Crippen LogP contribution in [0.2, 0.25) is 0 Å². The van der Waals surface area contributed by atoms with Crippen molar-refractivity contribution >= 4 is 39.7 Å². The second-order valence-corrected chi connectivity index (χ2v) is 5.53. The number of hydrogen-bond acceptors (Lipinski definition) is 6. The molecular formula is C15H11N3O3S. The summed E-state index contributed by atoms with van der Waals surface area (Å²) < 4.78 is 4.52. The summed E-state index contributed by atoms with van der Waals surface area (Å²) in [6, 6.07) is 7.47. The molecule has 3 rings (SSSR count). The largest absolute Gasteiger partial charge is 0.466 e. The monoisotopic (exact) mass is 313 g/mol. The third kappa shape index (κ3) is 2.62. The average Bonchev–Trinajstić information content (AvgIpc) is 2.87. The summed E-state index contributed by atoms with van der Waals surface area (Å²) in [6.45, 7) is 1.81. The van der Waals surface area contributed by atoms with E-state index in [1.807, 2.05) is 31.2 Å². The van der Waals surface area contributed by atoms with Crippen LogP contribution in [0.1, 0.15) is 11.4 Å². The number of aromatic nitrogens is 2. The van der Waals surface area contributed by atoms with Gasteiger partial charge in [-0.3, -0.25) is 4.79 Å². The molecule has 0 fully saturated rings. The number of methoxy groups -OCH3 is 1. The lowest BCUT2D eigenvalue weighted by molar-refractivity contribution is -0.135. The third-order valence-corrected chi connectivity index (χ3v) is 4.01. The topological polar surface area (TPSA) is 81.5 Å². The Kier molecular flexibility index (Phi) is 3.72. The number of aliphatic imine (C=N–C) groups is 1. The first kappa shape index (κ1) is 14.4. The summed E-state index contributed by atoms with van der Waals surface area (Å²) in [5.41, 5.74) is 2.73. The highest BCUT2D eigenvalue weighted by Crippen LogP contribution is 2.30. The number of esters is 1. The Morgan fingerprint density at radius 1 is 1.23 bits per heavy atom. The number of nitrogens with zero attached hydrogens (tertiary/aromatic N) is 3. The maximum Gasteiger partial charge on any atom is 0.331 e. The fraction of sp³-hybridized carbons (Fsp3) is 0.133. The normalized spacial score (nSPS) is 16.2. The van der Waals surface area contributed by atoms with E-state index in [4.69, 9.17) is 0 Å². The number of aryl methyl sites for hydroxylation is 1. The van der Waals surface area contributed by atoms with E-state index in [1.54, 1.807) is 0 Å². The van der Waals surface area contributed by atoms with Crippen molar-refractivity contribution in [1.29, 1.82) is 0 Å². The molecule has 22 heavy (non-hydrogen) atoms. The molecule has 0 spiro atoms. The molecule has 1 aliphatic heterocycles. The summed E-state index contributed by atoms with van der Waals surface area (Å²) in [7, 11) is 1.25. The predicted molar refractivity (Wildman–Crippen MR) is 83.5 cm³/mol. The minimum atomic E-state index is -0.589. The van der Waals surface area contributed by atoms with E-state index in [0.717, 1.165) is 28.9 Å². The summed E-state index contributed by atoms with van der Waals surface area (Å²) in [5, 5.41) is 0.441. The van der Waals surface area contributed by atoms with Crippen molar-refractivity contribution < 1.29 is 14.3 Å². The first-order valence-corrected chi connectivity index (χ1v) is 7.24. The minimum absolute atomic E-state index is 0.219. The van der Waals surface area contributed by atoms with Gasteiger partial charge in [0.15, 0.2) is 0 Å². The third-order valence-electron chi connectivity index (χ3n) is 3.02. The summed E-state index contributed by atoms with van der Waals surface area (Å²) in [6.07, 6.45) is 1.13. The lowest BCUT2D eigenvalue weighted by Gasteiger charge is -2.05. The summed E-state index contributed by atoms with van der Waals surface area (Å²) in [5.74, 6) is -1.06. The van der Waals surface area contributed by atoms with Gasteiger partial charge in [-0.15, -0.1) is 0 Å². The predicted octanol–water partition coefficient (Wildman–Crippen LogP) is 2.02. The molecule has 0 N–H and O–H groups in total. The molecule has 110 valence electrons. The van der Waals surface area contributed by atoms with Gasteiger partial charge in [0.2, 0.25) is 0 Å². The van der Waals surface area contributed by atoms with Crippen LogP contribution in [-0.4, -0.2) is 34.0 Å². The molecule has 0 radical (unpaired) electrons. The van der Waals surface area contributed by atoms with Gasteiger partial charge in [-0.05, 0) is 19.1 Å². The second-order valence-electron chi connectivity index (χ2n) is 4.50. The van der Waals surface area contributed by atoms with E-state index in [0.29, 0.717) is 16.4 Å². The van der Waals surface area contributed by atoms with Crippen LogP contribution in [-0.2, 0) is 14.3 Å². The first-order chi connectivity index (χ1) is 10.6. The Morgan fingerprint density at radius 3 is 2.59 bits per heavy atom. The van der Waals surface area contributed by atoms with E-state index in [2.05, 4.69) is 19.7 Å². The van der Waals surface area contributed by atoms with E-state index >= 15 is 0 Å². The van der Waals surface area contributed by atoms with Gasteiger partial charge in [0.05, 0.1) is 28.7 Å². The molecule has 0 saturated carbocycles. The number of ether oxygens (including phenoxy) is 1. The lowest BCUT2D eigenvalue weighted by Crippen LogP contribution is -2.03. The van der Waals surface area contributed by atoms with Crippen LogP contribution in [0.4, 0.5) is 0 Å². The molecule has 0 saturated heterocycles. The number of benzene rings is 1. The number of rotatable bonds is 2. The van der Waals surface area contributed by atoms with Crippen LogP contribution in [0, 0.1) is 6.92 Å². The fourth-order valence-corrected chi connectivity index (χ4v) is 2.88. The van der Waals surface area contributed by atoms with Crippen molar-refractivity contribution in [3.05, 3.63) is 46.6 Å². The summed E-state index contributed by atoms with van der Waals surface area (Å²) in [4.78, 5) is 36.3. The number of thioether (sulfide) groups is 1. The zero-order valence-corrected chi connectivity index (χ0v) is 12.7. The Balaban J connectivity index is 2.00. The molecule has 1 aromatic carbocycles. The number of carbonyl (C=O) groups excluding carboxylic acids is 2. The SMILES string of the molecule is COC(=O)C=C1SC(c2nc3ccccc3nc2C)=NC1=O. The van der Waals surface area contributed by atoms with Crippen LogP contribution in [0.3, 0.4) is 0 Å². The number of para-hydroxylation sites is 2. The maximum atomic E-state index is 11.9. The highest BCUT2D eigenvalue weighted by Gasteiger charge is 2.26. The number of hydrogen-bond donors (Lipinski definition) is 0. The quantitative estimate of drug-likeness (QED) is 0.623. The van der Waals surface area contributed by atoms with Crippen molar-refractivity contribution in [3.63, 3.8) is 0 Å². The molecule has 0 unspecified atom stereocenters. The van der Waals surface area contributed by atoms with Gasteiger partial charge in [-0.1, -0.05) is 23.9 Å². The van der Waals surface area contributed by atoms with Crippen molar-refractivity contribution in [1.82, 2.24) is 9.97 Å². The molecule has 1 amide bonds. The Morgan fingerprint density at radius 2 is 1.91 bits per heavy atom. The van der Waals surface area contributed by atoms with E-state index in [9.17, 15) is 9.59 Å². The lowest BCUT2D eigenvalue weighted by atomic mass is 10.2. The van der Waals surface area contributed by atoms with Gasteiger partial charge in [-0.2, -0.15) is 4.99 Å². The van der Waals surface area contributed by atoms with Crippen LogP contribution in [0.5, 0.6) is 0 Å². The Hall–Kier alpha value is -2.54. The second kappa shape index (κ2) is 5.69. The van der Waals surface area contributed by atoms with Gasteiger partial charge in [-0.25, -0.2) is 14.8 Å². The van der Waals surface area contributed by atoms with Crippen molar-refractivity contribution in [2.24, 2.45) is 4.99 Å². The smallest absolute Gasteiger partial charge is 0.331 e. The highest BCUT2D eigenvalue weighted by molar-refractivity contribution is 8.19. The minimum Gasteiger partial charge on any atom is -0.466 e. The van der Waals surface area contributed by atoms with Gasteiger partial charge < -0.3 is 4.74 Å². The van der Waals surface area contributed by atoms with Gasteiger partial charge in [0.25, 0.3) is 5.91 Å². The first-order valence-electron chi connectivity index (χ1n) is 6.43. The zero-order valence-electron chi connectivity index (χ0n) is 11.9. The Labute approximate surface area is 130 Å². The molecule has 0 atom stereocenters. The van der Waals surface area contributed by atoms with E-state index < -0.39 is 11.9 Å².